The fourth-order valence-corrected chi connectivity index (χ4v) is 2.97. The molecule has 0 saturated heterocycles. The molecule has 0 fully saturated rings. The highest BCUT2D eigenvalue weighted by Gasteiger charge is 2.14. The number of imidazole rings is 1. The zero-order valence-electron chi connectivity index (χ0n) is 10.3. The number of aryl methyl sites for hydroxylation is 1. The van der Waals surface area contributed by atoms with Crippen LogP contribution in [0, 0.1) is 6.92 Å². The second kappa shape index (κ2) is 4.51. The first-order chi connectivity index (χ1) is 9.16. The van der Waals surface area contributed by atoms with Crippen molar-refractivity contribution in [2.24, 2.45) is 0 Å². The minimum absolute atomic E-state index is 0.400. The van der Waals surface area contributed by atoms with Gasteiger partial charge in [0.05, 0.1) is 17.6 Å². The Morgan fingerprint density at radius 3 is 2.95 bits per heavy atom. The van der Waals surface area contributed by atoms with Crippen LogP contribution in [0.2, 0.25) is 0 Å². The Kier molecular flexibility index (Phi) is 2.83. The molecule has 96 valence electrons. The molecule has 0 spiro atoms. The number of nitrogens with zero attached hydrogens (tertiary/aromatic N) is 2. The number of aromatic carboxylic acids is 1. The van der Waals surface area contributed by atoms with Crippen molar-refractivity contribution in [2.75, 3.05) is 0 Å². The van der Waals surface area contributed by atoms with Crippen molar-refractivity contribution in [3.05, 3.63) is 52.0 Å². The molecule has 0 bridgehead atoms. The Balaban J connectivity index is 2.08. The number of hydrogen-bond acceptors (Lipinski definition) is 3. The number of hydrogen-bond donors (Lipinski definition) is 1. The van der Waals surface area contributed by atoms with Gasteiger partial charge in [-0.15, -0.1) is 11.3 Å². The number of carboxylic acid groups (broad SMARTS) is 1. The fraction of sp³-hybridized carbons (Fsp3) is 0.143. The van der Waals surface area contributed by atoms with E-state index in [0.29, 0.717) is 11.4 Å². The molecule has 0 unspecified atom stereocenters. The van der Waals surface area contributed by atoms with E-state index >= 15 is 0 Å². The Hall–Kier alpha value is -2.14. The van der Waals surface area contributed by atoms with Gasteiger partial charge in [-0.05, 0) is 36.1 Å². The zero-order chi connectivity index (χ0) is 13.4. The topological polar surface area (TPSA) is 55.1 Å². The molecule has 1 N–H and O–H groups in total. The average molecular weight is 272 g/mol. The second-order valence-corrected chi connectivity index (χ2v) is 5.23. The van der Waals surface area contributed by atoms with Crippen molar-refractivity contribution in [3.63, 3.8) is 0 Å². The summed E-state index contributed by atoms with van der Waals surface area (Å²) in [5.74, 6) is 0.0239. The lowest BCUT2D eigenvalue weighted by atomic mass is 10.2. The molecule has 0 atom stereocenters. The fourth-order valence-electron chi connectivity index (χ4n) is 2.21. The van der Waals surface area contributed by atoms with Gasteiger partial charge in [0.25, 0.3) is 0 Å². The van der Waals surface area contributed by atoms with Crippen molar-refractivity contribution < 1.29 is 9.90 Å². The van der Waals surface area contributed by atoms with Crippen LogP contribution in [-0.2, 0) is 6.54 Å². The molecule has 0 radical (unpaired) electrons. The number of aromatic nitrogens is 2. The first-order valence-corrected chi connectivity index (χ1v) is 6.76. The molecule has 3 rings (SSSR count). The van der Waals surface area contributed by atoms with Gasteiger partial charge < -0.3 is 9.67 Å². The summed E-state index contributed by atoms with van der Waals surface area (Å²) in [6.07, 6.45) is 0. The van der Waals surface area contributed by atoms with E-state index in [0.717, 1.165) is 22.4 Å². The lowest BCUT2D eigenvalue weighted by molar-refractivity contribution is 0.0701. The van der Waals surface area contributed by atoms with Gasteiger partial charge in [0, 0.05) is 0 Å². The average Bonchev–Trinajstić information content (AvgIpc) is 2.96. The number of fused-ring (bicyclic) bond motifs is 1. The van der Waals surface area contributed by atoms with Gasteiger partial charge >= 0.3 is 5.97 Å². The highest BCUT2D eigenvalue weighted by Crippen LogP contribution is 2.22. The minimum Gasteiger partial charge on any atom is -0.477 e. The molecule has 0 saturated carbocycles. The van der Waals surface area contributed by atoms with E-state index in [-0.39, 0.29) is 0 Å². The predicted octanol–water partition coefficient (Wildman–Crippen LogP) is 3.15. The van der Waals surface area contributed by atoms with Crippen LogP contribution in [0.25, 0.3) is 11.0 Å². The third-order valence-electron chi connectivity index (χ3n) is 3.11. The molecule has 0 aliphatic carbocycles. The maximum Gasteiger partial charge on any atom is 0.346 e. The van der Waals surface area contributed by atoms with E-state index in [1.54, 1.807) is 0 Å². The van der Waals surface area contributed by atoms with Gasteiger partial charge in [-0.1, -0.05) is 12.1 Å². The first kappa shape index (κ1) is 11.9. The van der Waals surface area contributed by atoms with E-state index in [9.17, 15) is 4.79 Å². The number of carbonyl (C=O) groups is 1. The summed E-state index contributed by atoms with van der Waals surface area (Å²) in [4.78, 5) is 16.0. The molecular weight excluding hydrogens is 260 g/mol. The summed E-state index contributed by atoms with van der Waals surface area (Å²) < 4.78 is 2.05. The van der Waals surface area contributed by atoms with Crippen LogP contribution in [-0.4, -0.2) is 20.6 Å². The largest absolute Gasteiger partial charge is 0.477 e. The highest BCUT2D eigenvalue weighted by atomic mass is 32.1. The SMILES string of the molecule is Cc1nc2ccccc2n1Cc1ccsc1C(=O)O. The lowest BCUT2D eigenvalue weighted by Gasteiger charge is -2.06. The molecule has 3 aromatic rings. The first-order valence-electron chi connectivity index (χ1n) is 5.88. The summed E-state index contributed by atoms with van der Waals surface area (Å²) in [6, 6.07) is 9.74. The van der Waals surface area contributed by atoms with Crippen molar-refractivity contribution in [3.8, 4) is 0 Å². The number of carboxylic acids is 1. The standard InChI is InChI=1S/C14H12N2O2S/c1-9-15-11-4-2-3-5-12(11)16(9)8-10-6-7-19-13(10)14(17)18/h2-7H,8H2,1H3,(H,17,18). The monoisotopic (exact) mass is 272 g/mol. The number of para-hydroxylation sites is 2. The van der Waals surface area contributed by atoms with Crippen molar-refractivity contribution in [1.29, 1.82) is 0 Å². The van der Waals surface area contributed by atoms with Crippen molar-refractivity contribution in [2.45, 2.75) is 13.5 Å². The van der Waals surface area contributed by atoms with Crippen molar-refractivity contribution in [1.82, 2.24) is 9.55 Å². The summed E-state index contributed by atoms with van der Waals surface area (Å²) in [5, 5.41) is 11.0. The second-order valence-electron chi connectivity index (χ2n) is 4.31. The van der Waals surface area contributed by atoms with E-state index in [1.807, 2.05) is 47.2 Å². The zero-order valence-corrected chi connectivity index (χ0v) is 11.1. The minimum atomic E-state index is -0.868. The van der Waals surface area contributed by atoms with Crippen molar-refractivity contribution >= 4 is 28.3 Å². The molecule has 2 heterocycles. The van der Waals surface area contributed by atoms with Crippen LogP contribution in [0.3, 0.4) is 0 Å². The molecule has 19 heavy (non-hydrogen) atoms. The molecule has 2 aromatic heterocycles. The summed E-state index contributed by atoms with van der Waals surface area (Å²) in [5.41, 5.74) is 2.79. The van der Waals surface area contributed by atoms with Crippen LogP contribution in [0.5, 0.6) is 0 Å². The third-order valence-corrected chi connectivity index (χ3v) is 4.06. The number of thiophene rings is 1. The Morgan fingerprint density at radius 1 is 1.37 bits per heavy atom. The summed E-state index contributed by atoms with van der Waals surface area (Å²) in [7, 11) is 0. The predicted molar refractivity (Wildman–Crippen MR) is 74.9 cm³/mol. The van der Waals surface area contributed by atoms with Crippen LogP contribution in [0.4, 0.5) is 0 Å². The Bertz CT molecular complexity index is 758. The number of benzene rings is 1. The van der Waals surface area contributed by atoms with E-state index in [2.05, 4.69) is 4.98 Å². The van der Waals surface area contributed by atoms with Crippen LogP contribution in [0.15, 0.2) is 35.7 Å². The Labute approximate surface area is 113 Å². The molecule has 0 amide bonds. The lowest BCUT2D eigenvalue weighted by Crippen LogP contribution is -2.05. The quantitative estimate of drug-likeness (QED) is 0.796. The van der Waals surface area contributed by atoms with Gasteiger partial charge in [-0.25, -0.2) is 9.78 Å². The normalized spacial score (nSPS) is 11.0. The summed E-state index contributed by atoms with van der Waals surface area (Å²) >= 11 is 1.26. The molecule has 0 aliphatic rings. The molecular formula is C14H12N2O2S. The molecule has 1 aromatic carbocycles. The van der Waals surface area contributed by atoms with Gasteiger partial charge in [0.1, 0.15) is 10.7 Å². The van der Waals surface area contributed by atoms with Crippen LogP contribution >= 0.6 is 11.3 Å². The molecule has 4 nitrogen and oxygen atoms in total. The van der Waals surface area contributed by atoms with Crippen LogP contribution in [0.1, 0.15) is 21.1 Å². The maximum absolute atomic E-state index is 11.1. The molecule has 0 aliphatic heterocycles. The summed E-state index contributed by atoms with van der Waals surface area (Å²) in [6.45, 7) is 2.48. The van der Waals surface area contributed by atoms with E-state index in [1.165, 1.54) is 11.3 Å². The highest BCUT2D eigenvalue weighted by molar-refractivity contribution is 7.12. The Morgan fingerprint density at radius 2 is 2.16 bits per heavy atom. The van der Waals surface area contributed by atoms with Gasteiger partial charge in [0.2, 0.25) is 0 Å². The van der Waals surface area contributed by atoms with Gasteiger partial charge in [0.15, 0.2) is 0 Å². The van der Waals surface area contributed by atoms with E-state index < -0.39 is 5.97 Å². The van der Waals surface area contributed by atoms with Gasteiger partial charge in [-0.3, -0.25) is 0 Å². The third kappa shape index (κ3) is 2.02. The number of rotatable bonds is 3. The maximum atomic E-state index is 11.1. The van der Waals surface area contributed by atoms with Crippen LogP contribution < -0.4 is 0 Å². The van der Waals surface area contributed by atoms with E-state index in [4.69, 9.17) is 5.11 Å². The smallest absolute Gasteiger partial charge is 0.346 e. The van der Waals surface area contributed by atoms with Gasteiger partial charge in [-0.2, -0.15) is 0 Å². The molecule has 5 heteroatoms.